The molecule has 3 aromatic heterocycles. The quantitative estimate of drug-likeness (QED) is 0.394. The number of nitrogens with one attached hydrogen (secondary N) is 2. The molecule has 0 unspecified atom stereocenters. The zero-order valence-electron chi connectivity index (χ0n) is 15.3. The molecule has 0 atom stereocenters. The second kappa shape index (κ2) is 7.73. The lowest BCUT2D eigenvalue weighted by atomic mass is 10.1. The van der Waals surface area contributed by atoms with Crippen molar-refractivity contribution in [2.45, 2.75) is 24.8 Å². The van der Waals surface area contributed by atoms with Crippen LogP contribution in [0.3, 0.4) is 0 Å². The molecule has 0 radical (unpaired) electrons. The van der Waals surface area contributed by atoms with Crippen molar-refractivity contribution in [2.24, 2.45) is 0 Å². The molecule has 0 saturated heterocycles. The molecular weight excluding hydrogens is 374 g/mol. The number of rotatable bonds is 5. The number of anilines is 2. The van der Waals surface area contributed by atoms with Crippen molar-refractivity contribution in [3.8, 4) is 0 Å². The summed E-state index contributed by atoms with van der Waals surface area (Å²) < 4.78 is 0. The highest BCUT2D eigenvalue weighted by Crippen LogP contribution is 2.20. The SMILES string of the molecule is Cc1ccc2nc(Nc3nc(CSc4ncccn4)cc(=O)[nH]3)nc(C)c2c1. The van der Waals surface area contributed by atoms with E-state index in [0.29, 0.717) is 28.5 Å². The van der Waals surface area contributed by atoms with Gasteiger partial charge in [0, 0.05) is 29.6 Å². The van der Waals surface area contributed by atoms with Gasteiger partial charge < -0.3 is 0 Å². The number of benzene rings is 1. The first-order chi connectivity index (χ1) is 13.6. The van der Waals surface area contributed by atoms with Crippen LogP contribution >= 0.6 is 11.8 Å². The van der Waals surface area contributed by atoms with E-state index < -0.39 is 0 Å². The number of fused-ring (bicyclic) bond motifs is 1. The molecule has 4 aromatic rings. The van der Waals surface area contributed by atoms with Gasteiger partial charge in [-0.05, 0) is 32.0 Å². The Morgan fingerprint density at radius 3 is 2.71 bits per heavy atom. The van der Waals surface area contributed by atoms with Crippen molar-refractivity contribution in [3.63, 3.8) is 0 Å². The average molecular weight is 391 g/mol. The second-order valence-corrected chi connectivity index (χ2v) is 7.13. The van der Waals surface area contributed by atoms with Crippen molar-refractivity contribution < 1.29 is 0 Å². The molecule has 140 valence electrons. The van der Waals surface area contributed by atoms with Gasteiger partial charge in [-0.25, -0.2) is 24.9 Å². The molecule has 0 saturated carbocycles. The fourth-order valence-electron chi connectivity index (χ4n) is 2.70. The summed E-state index contributed by atoms with van der Waals surface area (Å²) in [5.41, 5.74) is 3.19. The number of aromatic amines is 1. The highest BCUT2D eigenvalue weighted by molar-refractivity contribution is 7.98. The predicted molar refractivity (Wildman–Crippen MR) is 109 cm³/mol. The standard InChI is InChI=1S/C19H17N7OS/c1-11-4-5-15-14(8-11)12(2)22-17(24-15)26-18-23-13(9-16(27)25-18)10-28-19-20-6-3-7-21-19/h3-9H,10H2,1-2H3,(H2,22,23,24,25,26,27). The Morgan fingerprint density at radius 2 is 1.89 bits per heavy atom. The Balaban J connectivity index is 1.58. The van der Waals surface area contributed by atoms with E-state index in [-0.39, 0.29) is 5.56 Å². The molecule has 3 heterocycles. The Bertz CT molecular complexity index is 1190. The number of thioether (sulfide) groups is 1. The van der Waals surface area contributed by atoms with Gasteiger partial charge in [-0.3, -0.25) is 15.1 Å². The lowest BCUT2D eigenvalue weighted by molar-refractivity contribution is 0.962. The summed E-state index contributed by atoms with van der Waals surface area (Å²) >= 11 is 1.41. The molecule has 4 rings (SSSR count). The number of aryl methyl sites for hydroxylation is 2. The molecule has 0 aliphatic carbocycles. The fraction of sp³-hybridized carbons (Fsp3) is 0.158. The molecule has 8 nitrogen and oxygen atoms in total. The van der Waals surface area contributed by atoms with E-state index in [0.717, 1.165) is 22.2 Å². The molecule has 1 aromatic carbocycles. The van der Waals surface area contributed by atoms with Crippen molar-refractivity contribution in [1.82, 2.24) is 29.9 Å². The van der Waals surface area contributed by atoms with Crippen LogP contribution in [-0.2, 0) is 5.75 Å². The molecular formula is C19H17N7OS. The number of hydrogen-bond acceptors (Lipinski definition) is 8. The van der Waals surface area contributed by atoms with E-state index in [1.54, 1.807) is 18.5 Å². The highest BCUT2D eigenvalue weighted by Gasteiger charge is 2.08. The van der Waals surface area contributed by atoms with Crippen LogP contribution in [0.1, 0.15) is 17.0 Å². The van der Waals surface area contributed by atoms with Crippen LogP contribution in [0.25, 0.3) is 10.9 Å². The minimum Gasteiger partial charge on any atom is -0.294 e. The van der Waals surface area contributed by atoms with Gasteiger partial charge >= 0.3 is 0 Å². The van der Waals surface area contributed by atoms with E-state index in [2.05, 4.69) is 41.3 Å². The first kappa shape index (κ1) is 18.1. The maximum Gasteiger partial charge on any atom is 0.252 e. The third-order valence-electron chi connectivity index (χ3n) is 3.96. The Kier molecular flexibility index (Phi) is 4.98. The lowest BCUT2D eigenvalue weighted by Crippen LogP contribution is -2.13. The number of hydrogen-bond donors (Lipinski definition) is 2. The molecule has 0 amide bonds. The maximum absolute atomic E-state index is 12.0. The minimum atomic E-state index is -0.254. The Labute approximate surface area is 164 Å². The highest BCUT2D eigenvalue weighted by atomic mass is 32.2. The predicted octanol–water partition coefficient (Wildman–Crippen LogP) is 3.16. The van der Waals surface area contributed by atoms with Crippen molar-refractivity contribution in [2.75, 3.05) is 5.32 Å². The van der Waals surface area contributed by atoms with E-state index in [1.807, 2.05) is 26.0 Å². The van der Waals surface area contributed by atoms with Crippen LogP contribution in [0, 0.1) is 13.8 Å². The van der Waals surface area contributed by atoms with E-state index in [1.165, 1.54) is 17.8 Å². The van der Waals surface area contributed by atoms with E-state index in [9.17, 15) is 4.79 Å². The van der Waals surface area contributed by atoms with Crippen LogP contribution in [0.2, 0.25) is 0 Å². The average Bonchev–Trinajstić information content (AvgIpc) is 2.67. The van der Waals surface area contributed by atoms with Gasteiger partial charge in [0.25, 0.3) is 5.56 Å². The van der Waals surface area contributed by atoms with Gasteiger partial charge in [-0.2, -0.15) is 0 Å². The van der Waals surface area contributed by atoms with Gasteiger partial charge in [0.15, 0.2) is 5.16 Å². The third kappa shape index (κ3) is 4.15. The maximum atomic E-state index is 12.0. The summed E-state index contributed by atoms with van der Waals surface area (Å²) in [6.07, 6.45) is 3.35. The zero-order chi connectivity index (χ0) is 19.5. The fourth-order valence-corrected chi connectivity index (χ4v) is 3.39. The van der Waals surface area contributed by atoms with E-state index in [4.69, 9.17) is 0 Å². The monoisotopic (exact) mass is 391 g/mol. The first-order valence-electron chi connectivity index (χ1n) is 8.59. The summed E-state index contributed by atoms with van der Waals surface area (Å²) in [6.45, 7) is 3.96. The van der Waals surface area contributed by atoms with Gasteiger partial charge in [-0.1, -0.05) is 23.4 Å². The largest absolute Gasteiger partial charge is 0.294 e. The number of H-pyrrole nitrogens is 1. The smallest absolute Gasteiger partial charge is 0.252 e. The summed E-state index contributed by atoms with van der Waals surface area (Å²) in [7, 11) is 0. The number of aromatic nitrogens is 6. The molecule has 0 fully saturated rings. The van der Waals surface area contributed by atoms with Crippen LogP contribution in [0.5, 0.6) is 0 Å². The molecule has 28 heavy (non-hydrogen) atoms. The first-order valence-corrected chi connectivity index (χ1v) is 9.57. The van der Waals surface area contributed by atoms with Crippen molar-refractivity contribution >= 4 is 34.6 Å². The van der Waals surface area contributed by atoms with Crippen LogP contribution < -0.4 is 10.9 Å². The molecule has 9 heteroatoms. The van der Waals surface area contributed by atoms with Crippen LogP contribution in [-0.4, -0.2) is 29.9 Å². The van der Waals surface area contributed by atoms with E-state index >= 15 is 0 Å². The summed E-state index contributed by atoms with van der Waals surface area (Å²) in [5, 5.41) is 4.63. The Morgan fingerprint density at radius 1 is 1.07 bits per heavy atom. The zero-order valence-corrected chi connectivity index (χ0v) is 16.1. The van der Waals surface area contributed by atoms with Crippen molar-refractivity contribution in [3.05, 3.63) is 70.0 Å². The molecule has 0 bridgehead atoms. The molecule has 0 aliphatic rings. The molecule has 0 spiro atoms. The lowest BCUT2D eigenvalue weighted by Gasteiger charge is -2.08. The topological polar surface area (TPSA) is 109 Å². The van der Waals surface area contributed by atoms with Crippen molar-refractivity contribution in [1.29, 1.82) is 0 Å². The molecule has 0 aliphatic heterocycles. The van der Waals surface area contributed by atoms with Gasteiger partial charge in [0.05, 0.1) is 16.9 Å². The van der Waals surface area contributed by atoms with Crippen LogP contribution in [0.4, 0.5) is 11.9 Å². The van der Waals surface area contributed by atoms with Crippen LogP contribution in [0.15, 0.2) is 52.7 Å². The summed E-state index contributed by atoms with van der Waals surface area (Å²) in [5.74, 6) is 1.15. The van der Waals surface area contributed by atoms with Gasteiger partial charge in [-0.15, -0.1) is 0 Å². The van der Waals surface area contributed by atoms with Gasteiger partial charge in [0.1, 0.15) is 0 Å². The Hall–Kier alpha value is -3.33. The molecule has 2 N–H and O–H groups in total. The minimum absolute atomic E-state index is 0.254. The van der Waals surface area contributed by atoms with Gasteiger partial charge in [0.2, 0.25) is 11.9 Å². The second-order valence-electron chi connectivity index (χ2n) is 6.18. The number of nitrogens with zero attached hydrogens (tertiary/aromatic N) is 5. The summed E-state index contributed by atoms with van der Waals surface area (Å²) in [6, 6.07) is 9.22. The normalized spacial score (nSPS) is 10.9. The summed E-state index contributed by atoms with van der Waals surface area (Å²) in [4.78, 5) is 36.4. The third-order valence-corrected chi connectivity index (χ3v) is 4.87.